The molecule has 0 atom stereocenters. The van der Waals surface area contributed by atoms with Crippen molar-refractivity contribution in [1.29, 1.82) is 0 Å². The number of hydrogen-bond acceptors (Lipinski definition) is 3. The van der Waals surface area contributed by atoms with E-state index in [1.165, 1.54) is 36.9 Å². The van der Waals surface area contributed by atoms with Gasteiger partial charge in [0.2, 0.25) is 12.4 Å². The topological polar surface area (TPSA) is 45.8 Å². The van der Waals surface area contributed by atoms with Gasteiger partial charge in [-0.05, 0) is 36.5 Å². The molecule has 1 N–H and O–H groups in total. The van der Waals surface area contributed by atoms with Crippen LogP contribution in [0, 0.1) is 5.41 Å². The van der Waals surface area contributed by atoms with Gasteiger partial charge in [-0.25, -0.2) is 4.58 Å². The Kier molecular flexibility index (Phi) is 2.93. The van der Waals surface area contributed by atoms with E-state index in [0.717, 1.165) is 36.3 Å². The molecule has 1 aromatic heterocycles. The summed E-state index contributed by atoms with van der Waals surface area (Å²) < 4.78 is 4.76. The van der Waals surface area contributed by atoms with Crippen LogP contribution in [0.3, 0.4) is 0 Å². The van der Waals surface area contributed by atoms with Gasteiger partial charge in [-0.2, -0.15) is 0 Å². The van der Waals surface area contributed by atoms with Crippen molar-refractivity contribution in [2.45, 2.75) is 50.6 Å². The first-order valence-electron chi connectivity index (χ1n) is 9.62. The largest absolute Gasteiger partial charge is 0.316 e. The van der Waals surface area contributed by atoms with Crippen LogP contribution in [-0.2, 0) is 6.54 Å². The molecule has 2 saturated carbocycles. The number of rotatable bonds is 2. The second-order valence-corrected chi connectivity index (χ2v) is 9.41. The van der Waals surface area contributed by atoms with Crippen LogP contribution < -0.4 is 5.32 Å². The highest BCUT2D eigenvalue weighted by Crippen LogP contribution is 2.53. The maximum atomic E-state index is 6.33. The van der Waals surface area contributed by atoms with Gasteiger partial charge in [0, 0.05) is 43.8 Å². The highest BCUT2D eigenvalue weighted by Gasteiger charge is 2.52. The molecular weight excluding hydrogens is 346 g/mol. The molecule has 3 fully saturated rings. The quantitative estimate of drug-likeness (QED) is 0.829. The lowest BCUT2D eigenvalue weighted by Crippen LogP contribution is -2.59. The monoisotopic (exact) mass is 368 g/mol. The van der Waals surface area contributed by atoms with Crippen LogP contribution in [0.1, 0.15) is 55.7 Å². The van der Waals surface area contributed by atoms with E-state index in [4.69, 9.17) is 11.6 Å². The van der Waals surface area contributed by atoms with Crippen molar-refractivity contribution < 1.29 is 4.58 Å². The van der Waals surface area contributed by atoms with Gasteiger partial charge in [0.1, 0.15) is 5.82 Å². The Morgan fingerprint density at radius 1 is 1.23 bits per heavy atom. The van der Waals surface area contributed by atoms with Gasteiger partial charge in [-0.1, -0.05) is 11.6 Å². The molecule has 6 heteroatoms. The standard InChI is InChI=1S/C20H23ClN5/c1-19(4-5-19)25-9-13-6-15(21)2-3-16(13)26-17(10-25)23-24-18(26)14-7-20(8-14)11-22-12-20/h2-3,6,9,14,22H,4-5,7-8,10-12H2,1H3/q+1. The molecular formula is C20H23ClN5+. The van der Waals surface area contributed by atoms with Gasteiger partial charge >= 0.3 is 0 Å². The molecule has 0 radical (unpaired) electrons. The van der Waals surface area contributed by atoms with Crippen molar-refractivity contribution in [2.75, 3.05) is 13.1 Å². The smallest absolute Gasteiger partial charge is 0.203 e. The van der Waals surface area contributed by atoms with E-state index in [0.29, 0.717) is 11.3 Å². The molecule has 2 aliphatic carbocycles. The van der Waals surface area contributed by atoms with Gasteiger partial charge < -0.3 is 5.32 Å². The Hall–Kier alpha value is -1.72. The van der Waals surface area contributed by atoms with Crippen molar-refractivity contribution in [3.63, 3.8) is 0 Å². The summed E-state index contributed by atoms with van der Waals surface area (Å²) in [5.41, 5.74) is 3.12. The summed E-state index contributed by atoms with van der Waals surface area (Å²) in [7, 11) is 0. The normalized spacial score (nSPS) is 24.8. The number of fused-ring (bicyclic) bond motifs is 3. The van der Waals surface area contributed by atoms with Crippen molar-refractivity contribution >= 4 is 17.8 Å². The molecule has 1 saturated heterocycles. The van der Waals surface area contributed by atoms with Gasteiger partial charge in [0.05, 0.1) is 11.3 Å². The molecule has 0 amide bonds. The minimum Gasteiger partial charge on any atom is -0.316 e. The zero-order chi connectivity index (χ0) is 17.5. The first-order valence-corrected chi connectivity index (χ1v) is 10.00. The Balaban J connectivity index is 1.46. The van der Waals surface area contributed by atoms with Crippen molar-refractivity contribution in [1.82, 2.24) is 20.1 Å². The molecule has 134 valence electrons. The molecule has 1 aromatic carbocycles. The SMILES string of the molecule is CC1([N+]2=Cc3cc(Cl)ccc3-n3c(nnc3C3CC4(CNC4)C3)C2)CC1. The average molecular weight is 369 g/mol. The second kappa shape index (κ2) is 4.96. The van der Waals surface area contributed by atoms with E-state index in [1.807, 2.05) is 6.07 Å². The first kappa shape index (κ1) is 15.3. The Morgan fingerprint density at radius 3 is 2.73 bits per heavy atom. The van der Waals surface area contributed by atoms with Gasteiger partial charge in [0.25, 0.3) is 0 Å². The van der Waals surface area contributed by atoms with Crippen LogP contribution in [0.25, 0.3) is 5.69 Å². The van der Waals surface area contributed by atoms with Crippen molar-refractivity contribution in [3.8, 4) is 5.69 Å². The third kappa shape index (κ3) is 2.10. The highest BCUT2D eigenvalue weighted by atomic mass is 35.5. The molecule has 2 aromatic rings. The van der Waals surface area contributed by atoms with Gasteiger partial charge in [-0.15, -0.1) is 10.2 Å². The van der Waals surface area contributed by atoms with Crippen molar-refractivity contribution in [3.05, 3.63) is 40.4 Å². The van der Waals surface area contributed by atoms with Gasteiger partial charge in [-0.3, -0.25) is 4.57 Å². The fourth-order valence-corrected chi connectivity index (χ4v) is 5.09. The summed E-state index contributed by atoms with van der Waals surface area (Å²) in [6.07, 6.45) is 7.21. The predicted octanol–water partition coefficient (Wildman–Crippen LogP) is 2.89. The summed E-state index contributed by atoms with van der Waals surface area (Å²) >= 11 is 6.33. The van der Waals surface area contributed by atoms with E-state index in [9.17, 15) is 0 Å². The lowest BCUT2D eigenvalue weighted by Gasteiger charge is -2.54. The van der Waals surface area contributed by atoms with Gasteiger partial charge in [0.15, 0.2) is 11.8 Å². The van der Waals surface area contributed by atoms with E-state index < -0.39 is 0 Å². The molecule has 0 bridgehead atoms. The zero-order valence-corrected chi connectivity index (χ0v) is 15.8. The highest BCUT2D eigenvalue weighted by molar-refractivity contribution is 6.30. The molecule has 1 spiro atoms. The van der Waals surface area contributed by atoms with E-state index in [1.54, 1.807) is 0 Å². The van der Waals surface area contributed by atoms with Crippen LogP contribution in [0.4, 0.5) is 0 Å². The average Bonchev–Trinajstić information content (AvgIpc) is 3.20. The summed E-state index contributed by atoms with van der Waals surface area (Å²) in [6, 6.07) is 6.18. The van der Waals surface area contributed by atoms with E-state index in [-0.39, 0.29) is 5.54 Å². The minimum atomic E-state index is 0.249. The van der Waals surface area contributed by atoms with Crippen molar-refractivity contribution in [2.24, 2.45) is 5.41 Å². The molecule has 3 heterocycles. The summed E-state index contributed by atoms with van der Waals surface area (Å²) in [4.78, 5) is 0. The number of benzene rings is 1. The summed E-state index contributed by atoms with van der Waals surface area (Å²) in [5, 5.41) is 13.5. The Bertz CT molecular complexity index is 943. The maximum absolute atomic E-state index is 6.33. The molecule has 26 heavy (non-hydrogen) atoms. The van der Waals surface area contributed by atoms with Crippen LogP contribution in [0.5, 0.6) is 0 Å². The molecule has 6 rings (SSSR count). The van der Waals surface area contributed by atoms with Crippen LogP contribution in [0.2, 0.25) is 5.02 Å². The summed E-state index contributed by atoms with van der Waals surface area (Å²) in [6.45, 7) is 5.47. The van der Waals surface area contributed by atoms with E-state index >= 15 is 0 Å². The number of aromatic nitrogens is 3. The maximum Gasteiger partial charge on any atom is 0.203 e. The zero-order valence-electron chi connectivity index (χ0n) is 15.0. The van der Waals surface area contributed by atoms with Crippen LogP contribution in [-0.4, -0.2) is 44.2 Å². The number of hydrogen-bond donors (Lipinski definition) is 1. The fourth-order valence-electron chi connectivity index (χ4n) is 4.91. The number of nitrogens with zero attached hydrogens (tertiary/aromatic N) is 4. The van der Waals surface area contributed by atoms with Crippen LogP contribution >= 0.6 is 11.6 Å². The molecule has 4 aliphatic rings. The minimum absolute atomic E-state index is 0.249. The fraction of sp³-hybridized carbons (Fsp3) is 0.550. The van der Waals surface area contributed by atoms with Crippen LogP contribution in [0.15, 0.2) is 18.2 Å². The molecule has 2 aliphatic heterocycles. The lowest BCUT2D eigenvalue weighted by molar-refractivity contribution is -0.588. The number of halogens is 1. The Labute approximate surface area is 158 Å². The molecule has 0 unspecified atom stereocenters. The first-order chi connectivity index (χ1) is 12.6. The van der Waals surface area contributed by atoms with E-state index in [2.05, 4.69) is 49.9 Å². The Morgan fingerprint density at radius 2 is 2.04 bits per heavy atom. The molecule has 5 nitrogen and oxygen atoms in total. The summed E-state index contributed by atoms with van der Waals surface area (Å²) in [5.74, 6) is 2.71. The third-order valence-electron chi connectivity index (χ3n) is 6.98. The lowest BCUT2D eigenvalue weighted by atomic mass is 9.58. The predicted molar refractivity (Wildman–Crippen MR) is 100 cm³/mol. The second-order valence-electron chi connectivity index (χ2n) is 8.98. The third-order valence-corrected chi connectivity index (χ3v) is 7.22. The number of nitrogens with one attached hydrogen (secondary N) is 1.